The van der Waals surface area contributed by atoms with Gasteiger partial charge in [0, 0.05) is 24.7 Å². The lowest BCUT2D eigenvalue weighted by molar-refractivity contribution is 0.0755. The molecule has 18 heavy (non-hydrogen) atoms. The minimum absolute atomic E-state index is 0.473. The van der Waals surface area contributed by atoms with Gasteiger partial charge >= 0.3 is 0 Å². The molecule has 0 aromatic heterocycles. The average Bonchev–Trinajstić information content (AvgIpc) is 2.45. The highest BCUT2D eigenvalue weighted by Crippen LogP contribution is 2.43. The van der Waals surface area contributed by atoms with Crippen LogP contribution in [0.15, 0.2) is 0 Å². The van der Waals surface area contributed by atoms with Gasteiger partial charge in [-0.2, -0.15) is 0 Å². The lowest BCUT2D eigenvalue weighted by Gasteiger charge is -2.33. The Morgan fingerprint density at radius 3 is 1.44 bits per heavy atom. The molecule has 4 unspecified atom stereocenters. The van der Waals surface area contributed by atoms with E-state index in [9.17, 15) is 0 Å². The van der Waals surface area contributed by atoms with Crippen molar-refractivity contribution in [3.05, 3.63) is 0 Å². The van der Waals surface area contributed by atoms with Crippen LogP contribution in [0.2, 0.25) is 0 Å². The lowest BCUT2D eigenvalue weighted by Crippen LogP contribution is -2.31. The molecule has 0 amide bonds. The maximum atomic E-state index is 5.63. The van der Waals surface area contributed by atoms with E-state index in [0.29, 0.717) is 22.7 Å². The molecule has 0 saturated heterocycles. The first-order valence-electron chi connectivity index (χ1n) is 7.23. The van der Waals surface area contributed by atoms with Crippen molar-refractivity contribution >= 4 is 21.6 Å². The summed E-state index contributed by atoms with van der Waals surface area (Å²) >= 11 is 0. The molecule has 106 valence electrons. The van der Waals surface area contributed by atoms with E-state index in [-0.39, 0.29) is 0 Å². The molecular formula is C14H26O2S2. The Morgan fingerprint density at radius 1 is 0.667 bits per heavy atom. The number of methoxy groups -OCH3 is 2. The standard InChI is InChI=1S/C14H26O2S2/c1-15-11-7-3-5-9-13(11)17-18-14-10-6-4-8-12(14)16-2/h11-14H,3-10H2,1-2H3. The molecule has 0 N–H and O–H groups in total. The highest BCUT2D eigenvalue weighted by molar-refractivity contribution is 8.77. The Hall–Kier alpha value is 0.620. The van der Waals surface area contributed by atoms with E-state index in [1.807, 2.05) is 14.2 Å². The quantitative estimate of drug-likeness (QED) is 0.703. The highest BCUT2D eigenvalue weighted by atomic mass is 33.1. The molecule has 4 atom stereocenters. The second-order valence-corrected chi connectivity index (χ2v) is 8.14. The number of hydrogen-bond acceptors (Lipinski definition) is 4. The zero-order valence-corrected chi connectivity index (χ0v) is 13.2. The molecule has 2 saturated carbocycles. The van der Waals surface area contributed by atoms with E-state index in [0.717, 1.165) is 0 Å². The third-order valence-corrected chi connectivity index (χ3v) is 7.69. The largest absolute Gasteiger partial charge is 0.380 e. The van der Waals surface area contributed by atoms with Gasteiger partial charge in [-0.05, 0) is 25.7 Å². The van der Waals surface area contributed by atoms with Crippen molar-refractivity contribution < 1.29 is 9.47 Å². The van der Waals surface area contributed by atoms with Gasteiger partial charge in [0.25, 0.3) is 0 Å². The molecule has 0 radical (unpaired) electrons. The normalized spacial score (nSPS) is 37.7. The molecule has 0 bridgehead atoms. The molecule has 4 heteroatoms. The van der Waals surface area contributed by atoms with Gasteiger partial charge in [-0.15, -0.1) is 0 Å². The number of hydrogen-bond donors (Lipinski definition) is 0. The van der Waals surface area contributed by atoms with Crippen molar-refractivity contribution in [2.24, 2.45) is 0 Å². The first kappa shape index (κ1) is 15.0. The summed E-state index contributed by atoms with van der Waals surface area (Å²) in [4.78, 5) is 0. The van der Waals surface area contributed by atoms with Crippen LogP contribution in [0.25, 0.3) is 0 Å². The van der Waals surface area contributed by atoms with Crippen LogP contribution in [0, 0.1) is 0 Å². The predicted octanol–water partition coefficient (Wildman–Crippen LogP) is 4.28. The first-order valence-corrected chi connectivity index (χ1v) is 9.50. The maximum Gasteiger partial charge on any atom is 0.0698 e. The van der Waals surface area contributed by atoms with Gasteiger partial charge in [-0.3, -0.25) is 0 Å². The van der Waals surface area contributed by atoms with E-state index >= 15 is 0 Å². The van der Waals surface area contributed by atoms with E-state index in [2.05, 4.69) is 21.6 Å². The number of ether oxygens (including phenoxy) is 2. The van der Waals surface area contributed by atoms with Crippen LogP contribution in [0.1, 0.15) is 51.4 Å². The van der Waals surface area contributed by atoms with Crippen LogP contribution in [-0.4, -0.2) is 36.9 Å². The molecule has 2 nitrogen and oxygen atoms in total. The molecule has 0 heterocycles. The highest BCUT2D eigenvalue weighted by Gasteiger charge is 2.30. The summed E-state index contributed by atoms with van der Waals surface area (Å²) in [5, 5.41) is 1.38. The fraction of sp³-hybridized carbons (Fsp3) is 1.00. The van der Waals surface area contributed by atoms with Crippen LogP contribution in [0.4, 0.5) is 0 Å². The summed E-state index contributed by atoms with van der Waals surface area (Å²) < 4.78 is 11.3. The van der Waals surface area contributed by atoms with Gasteiger partial charge in [0.15, 0.2) is 0 Å². The van der Waals surface area contributed by atoms with Crippen molar-refractivity contribution in [2.75, 3.05) is 14.2 Å². The molecular weight excluding hydrogens is 264 g/mol. The van der Waals surface area contributed by atoms with Gasteiger partial charge < -0.3 is 9.47 Å². The summed E-state index contributed by atoms with van der Waals surface area (Å²) in [6.45, 7) is 0. The summed E-state index contributed by atoms with van der Waals surface area (Å²) in [5.74, 6) is 0. The van der Waals surface area contributed by atoms with Crippen molar-refractivity contribution in [3.8, 4) is 0 Å². The topological polar surface area (TPSA) is 18.5 Å². The van der Waals surface area contributed by atoms with Crippen LogP contribution in [-0.2, 0) is 9.47 Å². The lowest BCUT2D eigenvalue weighted by atomic mass is 9.97. The van der Waals surface area contributed by atoms with Gasteiger partial charge in [0.05, 0.1) is 12.2 Å². The van der Waals surface area contributed by atoms with Crippen molar-refractivity contribution in [2.45, 2.75) is 74.1 Å². The van der Waals surface area contributed by atoms with Crippen molar-refractivity contribution in [3.63, 3.8) is 0 Å². The minimum Gasteiger partial charge on any atom is -0.380 e. The van der Waals surface area contributed by atoms with Gasteiger partial charge in [-0.1, -0.05) is 47.3 Å². The third kappa shape index (κ3) is 4.06. The van der Waals surface area contributed by atoms with E-state index in [4.69, 9.17) is 9.47 Å². The second kappa shape index (κ2) is 8.03. The molecule has 2 fully saturated rings. The molecule has 0 aromatic rings. The van der Waals surface area contributed by atoms with E-state index in [1.165, 1.54) is 51.4 Å². The molecule has 2 aliphatic rings. The third-order valence-electron chi connectivity index (χ3n) is 4.19. The van der Waals surface area contributed by atoms with Crippen LogP contribution >= 0.6 is 21.6 Å². The summed E-state index contributed by atoms with van der Waals surface area (Å²) in [6.07, 6.45) is 11.5. The SMILES string of the molecule is COC1CCCCC1SSC1CCCCC1OC. The van der Waals surface area contributed by atoms with Gasteiger partial charge in [0.2, 0.25) is 0 Å². The molecule has 2 aliphatic carbocycles. The van der Waals surface area contributed by atoms with Crippen molar-refractivity contribution in [1.82, 2.24) is 0 Å². The average molecular weight is 290 g/mol. The Kier molecular flexibility index (Phi) is 6.70. The van der Waals surface area contributed by atoms with Crippen LogP contribution in [0.3, 0.4) is 0 Å². The molecule has 2 rings (SSSR count). The smallest absolute Gasteiger partial charge is 0.0698 e. The van der Waals surface area contributed by atoms with Crippen LogP contribution < -0.4 is 0 Å². The first-order chi connectivity index (χ1) is 8.85. The van der Waals surface area contributed by atoms with Gasteiger partial charge in [-0.25, -0.2) is 0 Å². The fourth-order valence-corrected chi connectivity index (χ4v) is 6.76. The number of rotatable bonds is 5. The second-order valence-electron chi connectivity index (χ2n) is 5.39. The van der Waals surface area contributed by atoms with Gasteiger partial charge in [0.1, 0.15) is 0 Å². The molecule has 0 aliphatic heterocycles. The van der Waals surface area contributed by atoms with E-state index in [1.54, 1.807) is 0 Å². The van der Waals surface area contributed by atoms with Crippen LogP contribution in [0.5, 0.6) is 0 Å². The Morgan fingerprint density at radius 2 is 1.06 bits per heavy atom. The zero-order valence-electron chi connectivity index (χ0n) is 11.6. The Labute approximate surface area is 119 Å². The van der Waals surface area contributed by atoms with Crippen molar-refractivity contribution in [1.29, 1.82) is 0 Å². The van der Waals surface area contributed by atoms with E-state index < -0.39 is 0 Å². The predicted molar refractivity (Wildman–Crippen MR) is 81.3 cm³/mol. The Balaban J connectivity index is 1.78. The summed E-state index contributed by atoms with van der Waals surface area (Å²) in [5.41, 5.74) is 0. The Bertz CT molecular complexity index is 214. The maximum absolute atomic E-state index is 5.63. The molecule has 0 spiro atoms. The summed E-state index contributed by atoms with van der Waals surface area (Å²) in [7, 11) is 7.87. The molecule has 0 aromatic carbocycles. The summed E-state index contributed by atoms with van der Waals surface area (Å²) in [6, 6.07) is 0. The zero-order chi connectivity index (χ0) is 12.8. The monoisotopic (exact) mass is 290 g/mol. The fourth-order valence-electron chi connectivity index (χ4n) is 3.03. The minimum atomic E-state index is 0.473.